The van der Waals surface area contributed by atoms with E-state index < -0.39 is 0 Å². The predicted octanol–water partition coefficient (Wildman–Crippen LogP) is 1.87. The van der Waals surface area contributed by atoms with Crippen molar-refractivity contribution in [3.8, 4) is 0 Å². The van der Waals surface area contributed by atoms with Crippen LogP contribution in [0.2, 0.25) is 0 Å². The van der Waals surface area contributed by atoms with Crippen molar-refractivity contribution >= 4 is 12.2 Å². The quantitative estimate of drug-likeness (QED) is 0.757. The molecule has 0 fully saturated rings. The molecule has 0 amide bonds. The number of hydrogen-bond acceptors (Lipinski definition) is 3. The zero-order valence-corrected chi connectivity index (χ0v) is 9.69. The maximum atomic E-state index is 9.01. The molecule has 0 bridgehead atoms. The van der Waals surface area contributed by atoms with Gasteiger partial charge in [0.2, 0.25) is 0 Å². The van der Waals surface area contributed by atoms with Crippen molar-refractivity contribution in [3.63, 3.8) is 0 Å². The van der Waals surface area contributed by atoms with E-state index in [0.29, 0.717) is 10.6 Å². The third kappa shape index (κ3) is 2.92. The van der Waals surface area contributed by atoms with Gasteiger partial charge in [0.25, 0.3) is 0 Å². The van der Waals surface area contributed by atoms with Crippen LogP contribution >= 0.6 is 12.2 Å². The molecule has 0 radical (unpaired) electrons. The summed E-state index contributed by atoms with van der Waals surface area (Å²) in [5, 5.41) is 15.6. The highest BCUT2D eigenvalue weighted by Crippen LogP contribution is 2.19. The van der Waals surface area contributed by atoms with E-state index >= 15 is 0 Å². The number of aromatic nitrogens is 3. The molecule has 0 aliphatic carbocycles. The Kier molecular flexibility index (Phi) is 3.44. The number of nitrogens with one attached hydrogen (secondary N) is 1. The van der Waals surface area contributed by atoms with E-state index in [1.54, 1.807) is 0 Å². The summed E-state index contributed by atoms with van der Waals surface area (Å²) in [6.45, 7) is 7.26. The SMILES string of the molecule is CC(C)(C)CCn1c(CO)n[nH]c1=S. The Morgan fingerprint density at radius 1 is 1.50 bits per heavy atom. The molecule has 1 heterocycles. The summed E-state index contributed by atoms with van der Waals surface area (Å²) < 4.78 is 2.43. The van der Waals surface area contributed by atoms with Crippen molar-refractivity contribution in [1.29, 1.82) is 0 Å². The van der Waals surface area contributed by atoms with Crippen LogP contribution in [0.3, 0.4) is 0 Å². The van der Waals surface area contributed by atoms with Gasteiger partial charge in [0.05, 0.1) is 0 Å². The number of nitrogens with zero attached hydrogens (tertiary/aromatic N) is 2. The molecule has 0 spiro atoms. The predicted molar refractivity (Wildman–Crippen MR) is 57.4 cm³/mol. The molecule has 80 valence electrons. The molecule has 0 atom stereocenters. The highest BCUT2D eigenvalue weighted by Gasteiger charge is 2.12. The largest absolute Gasteiger partial charge is 0.388 e. The first-order valence-corrected chi connectivity index (χ1v) is 5.10. The van der Waals surface area contributed by atoms with E-state index in [4.69, 9.17) is 17.3 Å². The highest BCUT2D eigenvalue weighted by atomic mass is 32.1. The van der Waals surface area contributed by atoms with Crippen molar-refractivity contribution in [2.24, 2.45) is 5.41 Å². The third-order valence-electron chi connectivity index (χ3n) is 2.06. The summed E-state index contributed by atoms with van der Waals surface area (Å²) in [7, 11) is 0. The van der Waals surface area contributed by atoms with Gasteiger partial charge in [-0.25, -0.2) is 0 Å². The van der Waals surface area contributed by atoms with E-state index in [1.807, 2.05) is 4.57 Å². The van der Waals surface area contributed by atoms with Gasteiger partial charge in [0.1, 0.15) is 6.61 Å². The lowest BCUT2D eigenvalue weighted by Crippen LogP contribution is -2.12. The van der Waals surface area contributed by atoms with E-state index in [9.17, 15) is 0 Å². The van der Waals surface area contributed by atoms with Gasteiger partial charge in [-0.2, -0.15) is 5.10 Å². The van der Waals surface area contributed by atoms with Crippen LogP contribution in [-0.4, -0.2) is 19.9 Å². The fourth-order valence-corrected chi connectivity index (χ4v) is 1.39. The normalized spacial score (nSPS) is 12.0. The minimum absolute atomic E-state index is 0.0721. The maximum Gasteiger partial charge on any atom is 0.195 e. The molecule has 1 rings (SSSR count). The van der Waals surface area contributed by atoms with Crippen LogP contribution in [0, 0.1) is 10.2 Å². The number of hydrogen-bond donors (Lipinski definition) is 2. The first-order valence-electron chi connectivity index (χ1n) is 4.69. The van der Waals surface area contributed by atoms with Crippen LogP contribution < -0.4 is 0 Å². The smallest absolute Gasteiger partial charge is 0.195 e. The highest BCUT2D eigenvalue weighted by molar-refractivity contribution is 7.71. The van der Waals surface area contributed by atoms with Gasteiger partial charge in [0.15, 0.2) is 10.6 Å². The first kappa shape index (κ1) is 11.4. The van der Waals surface area contributed by atoms with Crippen molar-refractivity contribution in [2.45, 2.75) is 40.3 Å². The van der Waals surface area contributed by atoms with Crippen LogP contribution in [0.5, 0.6) is 0 Å². The second-order valence-electron chi connectivity index (χ2n) is 4.57. The van der Waals surface area contributed by atoms with Crippen molar-refractivity contribution < 1.29 is 5.11 Å². The Balaban J connectivity index is 2.75. The molecule has 0 aromatic carbocycles. The molecule has 0 aliphatic rings. The molecule has 1 aromatic rings. The van der Waals surface area contributed by atoms with Crippen molar-refractivity contribution in [3.05, 3.63) is 10.6 Å². The van der Waals surface area contributed by atoms with Gasteiger partial charge >= 0.3 is 0 Å². The van der Waals surface area contributed by atoms with Gasteiger partial charge < -0.3 is 9.67 Å². The average Bonchev–Trinajstić information content (AvgIpc) is 2.41. The Hall–Kier alpha value is -0.680. The van der Waals surface area contributed by atoms with Crippen LogP contribution in [0.15, 0.2) is 0 Å². The molecule has 2 N–H and O–H groups in total. The third-order valence-corrected chi connectivity index (χ3v) is 2.38. The van der Waals surface area contributed by atoms with Gasteiger partial charge in [-0.15, -0.1) is 0 Å². The summed E-state index contributed by atoms with van der Waals surface area (Å²) in [4.78, 5) is 0. The minimum atomic E-state index is -0.0721. The Morgan fingerprint density at radius 2 is 2.14 bits per heavy atom. The lowest BCUT2D eigenvalue weighted by atomic mass is 9.92. The molecular formula is C9H17N3OS. The fourth-order valence-electron chi connectivity index (χ4n) is 1.15. The van der Waals surface area contributed by atoms with E-state index in [2.05, 4.69) is 31.0 Å². The number of aromatic amines is 1. The van der Waals surface area contributed by atoms with E-state index in [-0.39, 0.29) is 12.0 Å². The zero-order valence-electron chi connectivity index (χ0n) is 8.87. The summed E-state index contributed by atoms with van der Waals surface area (Å²) in [6, 6.07) is 0. The molecule has 5 heteroatoms. The summed E-state index contributed by atoms with van der Waals surface area (Å²) >= 11 is 5.06. The van der Waals surface area contributed by atoms with E-state index in [0.717, 1.165) is 13.0 Å². The monoisotopic (exact) mass is 215 g/mol. The van der Waals surface area contributed by atoms with Gasteiger partial charge in [0, 0.05) is 6.54 Å². The van der Waals surface area contributed by atoms with Gasteiger partial charge in [-0.05, 0) is 24.1 Å². The van der Waals surface area contributed by atoms with Gasteiger partial charge in [-0.3, -0.25) is 5.10 Å². The standard InChI is InChI=1S/C9H17N3OS/c1-9(2,3)4-5-12-7(6-13)10-11-8(12)14/h13H,4-6H2,1-3H3,(H,11,14). The lowest BCUT2D eigenvalue weighted by Gasteiger charge is -2.18. The Morgan fingerprint density at radius 3 is 2.64 bits per heavy atom. The van der Waals surface area contributed by atoms with E-state index in [1.165, 1.54) is 0 Å². The molecular weight excluding hydrogens is 198 g/mol. The second-order valence-corrected chi connectivity index (χ2v) is 4.95. The Bertz CT molecular complexity index is 348. The fraction of sp³-hybridized carbons (Fsp3) is 0.778. The minimum Gasteiger partial charge on any atom is -0.388 e. The number of H-pyrrole nitrogens is 1. The number of aliphatic hydroxyl groups excluding tert-OH is 1. The molecule has 4 nitrogen and oxygen atoms in total. The molecule has 1 aromatic heterocycles. The number of aliphatic hydroxyl groups is 1. The maximum absolute atomic E-state index is 9.01. The van der Waals surface area contributed by atoms with Crippen LogP contribution in [0.25, 0.3) is 0 Å². The molecule has 0 saturated carbocycles. The molecule has 0 unspecified atom stereocenters. The van der Waals surface area contributed by atoms with Gasteiger partial charge in [-0.1, -0.05) is 20.8 Å². The number of rotatable bonds is 3. The first-order chi connectivity index (χ1) is 6.44. The van der Waals surface area contributed by atoms with Crippen LogP contribution in [-0.2, 0) is 13.2 Å². The molecule has 0 saturated heterocycles. The molecule has 14 heavy (non-hydrogen) atoms. The van der Waals surface area contributed by atoms with Crippen molar-refractivity contribution in [1.82, 2.24) is 14.8 Å². The molecule has 0 aliphatic heterocycles. The topological polar surface area (TPSA) is 53.8 Å². The van der Waals surface area contributed by atoms with Crippen LogP contribution in [0.1, 0.15) is 33.0 Å². The zero-order chi connectivity index (χ0) is 10.8. The summed E-state index contributed by atoms with van der Waals surface area (Å²) in [6.07, 6.45) is 1.01. The Labute approximate surface area is 89.0 Å². The lowest BCUT2D eigenvalue weighted by molar-refractivity contribution is 0.259. The second kappa shape index (κ2) is 4.23. The van der Waals surface area contributed by atoms with Crippen molar-refractivity contribution in [2.75, 3.05) is 0 Å². The average molecular weight is 215 g/mol. The van der Waals surface area contributed by atoms with Crippen LogP contribution in [0.4, 0.5) is 0 Å². The summed E-state index contributed by atoms with van der Waals surface area (Å²) in [5.41, 5.74) is 0.263. The summed E-state index contributed by atoms with van der Waals surface area (Å²) in [5.74, 6) is 0.610.